The van der Waals surface area contributed by atoms with Gasteiger partial charge in [0.2, 0.25) is 0 Å². The molecule has 1 aliphatic rings. The molecule has 2 heteroatoms. The van der Waals surface area contributed by atoms with E-state index in [1.807, 2.05) is 18.2 Å². The van der Waals surface area contributed by atoms with Crippen molar-refractivity contribution >= 4 is 0 Å². The molecule has 0 radical (unpaired) electrons. The maximum absolute atomic E-state index is 6.13. The van der Waals surface area contributed by atoms with Crippen LogP contribution in [0.2, 0.25) is 0 Å². The van der Waals surface area contributed by atoms with Crippen LogP contribution in [-0.4, -0.2) is 11.9 Å². The second kappa shape index (κ2) is 9.75. The van der Waals surface area contributed by atoms with E-state index in [9.17, 15) is 0 Å². The summed E-state index contributed by atoms with van der Waals surface area (Å²) in [6, 6.07) is 10.3. The molecule has 2 atom stereocenters. The van der Waals surface area contributed by atoms with Crippen molar-refractivity contribution in [2.24, 2.45) is 0 Å². The van der Waals surface area contributed by atoms with E-state index in [0.717, 1.165) is 25.7 Å². The number of unbranched alkanes of at least 4 members (excludes halogenated alkanes) is 4. The van der Waals surface area contributed by atoms with E-state index in [1.54, 1.807) is 0 Å². The van der Waals surface area contributed by atoms with E-state index in [1.165, 1.54) is 31.2 Å². The molecule has 2 nitrogen and oxygen atoms in total. The predicted molar refractivity (Wildman–Crippen MR) is 94.9 cm³/mol. The smallest absolute Gasteiger partial charge is 0.160 e. The van der Waals surface area contributed by atoms with Crippen molar-refractivity contribution in [2.45, 2.75) is 83.7 Å². The fourth-order valence-electron chi connectivity index (χ4n) is 2.88. The number of rotatable bonds is 7. The molecule has 1 aliphatic heterocycles. The van der Waals surface area contributed by atoms with Gasteiger partial charge in [0.1, 0.15) is 5.60 Å². The molecule has 1 aromatic rings. The van der Waals surface area contributed by atoms with Gasteiger partial charge in [0, 0.05) is 6.42 Å². The van der Waals surface area contributed by atoms with Crippen molar-refractivity contribution < 1.29 is 9.47 Å². The predicted octanol–water partition coefficient (Wildman–Crippen LogP) is 5.46. The summed E-state index contributed by atoms with van der Waals surface area (Å²) < 4.78 is 12.1. The minimum atomic E-state index is -0.343. The first-order valence-electron chi connectivity index (χ1n) is 9.05. The highest BCUT2D eigenvalue weighted by molar-refractivity contribution is 5.14. The third kappa shape index (κ3) is 6.77. The fourth-order valence-corrected chi connectivity index (χ4v) is 2.88. The van der Waals surface area contributed by atoms with Crippen molar-refractivity contribution in [3.05, 3.63) is 35.9 Å². The van der Waals surface area contributed by atoms with Gasteiger partial charge in [0.25, 0.3) is 0 Å². The van der Waals surface area contributed by atoms with Crippen LogP contribution in [0.1, 0.15) is 70.8 Å². The first-order valence-corrected chi connectivity index (χ1v) is 9.05. The fraction of sp³-hybridized carbons (Fsp3) is 0.619. The Labute approximate surface area is 141 Å². The molecule has 0 bridgehead atoms. The maximum Gasteiger partial charge on any atom is 0.160 e. The SMILES string of the molecule is CCCCCCC#CC1(C)CCCC(OCc2ccccc2)O1. The molecule has 1 fully saturated rings. The topological polar surface area (TPSA) is 18.5 Å². The molecule has 2 rings (SSSR count). The van der Waals surface area contributed by atoms with Crippen molar-refractivity contribution in [3.8, 4) is 11.8 Å². The van der Waals surface area contributed by atoms with Crippen LogP contribution in [0.4, 0.5) is 0 Å². The van der Waals surface area contributed by atoms with Crippen molar-refractivity contribution in [1.29, 1.82) is 0 Å². The van der Waals surface area contributed by atoms with Gasteiger partial charge in [-0.15, -0.1) is 5.92 Å². The van der Waals surface area contributed by atoms with Gasteiger partial charge in [0.15, 0.2) is 6.29 Å². The van der Waals surface area contributed by atoms with E-state index in [-0.39, 0.29) is 11.9 Å². The molecular formula is C21H30O2. The standard InChI is InChI=1S/C21H30O2/c1-3-4-5-6-7-11-16-21(2)17-12-15-20(23-21)22-18-19-13-9-8-10-14-19/h8-10,13-14,20H,3-7,12,15,17-18H2,1-2H3. The van der Waals surface area contributed by atoms with Crippen LogP contribution in [0.25, 0.3) is 0 Å². The van der Waals surface area contributed by atoms with E-state index in [0.29, 0.717) is 6.61 Å². The molecule has 0 saturated carbocycles. The molecule has 2 unspecified atom stereocenters. The summed E-state index contributed by atoms with van der Waals surface area (Å²) in [7, 11) is 0. The van der Waals surface area contributed by atoms with Gasteiger partial charge in [-0.2, -0.15) is 0 Å². The second-order valence-electron chi connectivity index (χ2n) is 6.58. The van der Waals surface area contributed by atoms with E-state index in [2.05, 4.69) is 37.8 Å². The molecule has 1 saturated heterocycles. The van der Waals surface area contributed by atoms with Gasteiger partial charge < -0.3 is 9.47 Å². The Kier molecular flexibility index (Phi) is 7.65. The molecule has 1 heterocycles. The summed E-state index contributed by atoms with van der Waals surface area (Å²) in [5.41, 5.74) is 0.843. The average Bonchev–Trinajstić information content (AvgIpc) is 2.57. The van der Waals surface area contributed by atoms with Crippen LogP contribution in [0.15, 0.2) is 30.3 Å². The van der Waals surface area contributed by atoms with Crippen LogP contribution in [0.3, 0.4) is 0 Å². The molecule has 23 heavy (non-hydrogen) atoms. The van der Waals surface area contributed by atoms with E-state index in [4.69, 9.17) is 9.47 Å². The lowest BCUT2D eigenvalue weighted by molar-refractivity contribution is -0.216. The zero-order valence-electron chi connectivity index (χ0n) is 14.6. The first kappa shape index (κ1) is 18.0. The summed E-state index contributed by atoms with van der Waals surface area (Å²) in [6.07, 6.45) is 8.98. The number of hydrogen-bond acceptors (Lipinski definition) is 2. The van der Waals surface area contributed by atoms with E-state index >= 15 is 0 Å². The van der Waals surface area contributed by atoms with E-state index < -0.39 is 0 Å². The monoisotopic (exact) mass is 314 g/mol. The van der Waals surface area contributed by atoms with Crippen LogP contribution < -0.4 is 0 Å². The first-order chi connectivity index (χ1) is 11.2. The second-order valence-corrected chi connectivity index (χ2v) is 6.58. The molecule has 1 aromatic carbocycles. The van der Waals surface area contributed by atoms with Gasteiger partial charge in [-0.25, -0.2) is 0 Å². The molecule has 0 aliphatic carbocycles. The Balaban J connectivity index is 1.76. The Bertz CT molecular complexity index is 500. The van der Waals surface area contributed by atoms with Crippen LogP contribution in [-0.2, 0) is 16.1 Å². The number of hydrogen-bond donors (Lipinski definition) is 0. The largest absolute Gasteiger partial charge is 0.348 e. The summed E-state index contributed by atoms with van der Waals surface area (Å²) in [5, 5.41) is 0. The highest BCUT2D eigenvalue weighted by atomic mass is 16.7. The number of benzene rings is 1. The third-order valence-electron chi connectivity index (χ3n) is 4.27. The molecule has 0 N–H and O–H groups in total. The average molecular weight is 314 g/mol. The van der Waals surface area contributed by atoms with Crippen molar-refractivity contribution in [3.63, 3.8) is 0 Å². The highest BCUT2D eigenvalue weighted by Crippen LogP contribution is 2.29. The van der Waals surface area contributed by atoms with Gasteiger partial charge >= 0.3 is 0 Å². The van der Waals surface area contributed by atoms with Gasteiger partial charge in [-0.1, -0.05) is 62.4 Å². The Morgan fingerprint density at radius 1 is 1.22 bits per heavy atom. The molecular weight excluding hydrogens is 284 g/mol. The summed E-state index contributed by atoms with van der Waals surface area (Å²) in [5.74, 6) is 6.67. The minimum absolute atomic E-state index is 0.136. The highest BCUT2D eigenvalue weighted by Gasteiger charge is 2.31. The summed E-state index contributed by atoms with van der Waals surface area (Å²) in [4.78, 5) is 0. The quantitative estimate of drug-likeness (QED) is 0.491. The summed E-state index contributed by atoms with van der Waals surface area (Å²) >= 11 is 0. The lowest BCUT2D eigenvalue weighted by atomic mass is 9.95. The Hall–Kier alpha value is -1.30. The maximum atomic E-state index is 6.13. The lowest BCUT2D eigenvalue weighted by Crippen LogP contribution is -2.38. The Morgan fingerprint density at radius 2 is 2.04 bits per heavy atom. The van der Waals surface area contributed by atoms with Crippen molar-refractivity contribution in [2.75, 3.05) is 0 Å². The molecule has 0 aromatic heterocycles. The zero-order chi connectivity index (χ0) is 16.4. The lowest BCUT2D eigenvalue weighted by Gasteiger charge is -2.34. The molecule has 126 valence electrons. The zero-order valence-corrected chi connectivity index (χ0v) is 14.6. The molecule has 0 spiro atoms. The molecule has 0 amide bonds. The summed E-state index contributed by atoms with van der Waals surface area (Å²) in [6.45, 7) is 4.94. The minimum Gasteiger partial charge on any atom is -0.348 e. The van der Waals surface area contributed by atoms with Gasteiger partial charge in [-0.05, 0) is 38.2 Å². The Morgan fingerprint density at radius 3 is 2.83 bits per heavy atom. The van der Waals surface area contributed by atoms with Gasteiger partial charge in [-0.3, -0.25) is 0 Å². The van der Waals surface area contributed by atoms with Gasteiger partial charge in [0.05, 0.1) is 6.61 Å². The van der Waals surface area contributed by atoms with Crippen LogP contribution in [0, 0.1) is 11.8 Å². The third-order valence-corrected chi connectivity index (χ3v) is 4.27. The van der Waals surface area contributed by atoms with Crippen LogP contribution in [0.5, 0.6) is 0 Å². The van der Waals surface area contributed by atoms with Crippen molar-refractivity contribution in [1.82, 2.24) is 0 Å². The number of ether oxygens (including phenoxy) is 2. The normalized spacial score (nSPS) is 24.0. The van der Waals surface area contributed by atoms with Crippen LogP contribution >= 0.6 is 0 Å².